The summed E-state index contributed by atoms with van der Waals surface area (Å²) in [4.78, 5) is 11.7. The number of amides is 1. The number of nitrogens with two attached hydrogens (primary N) is 1. The zero-order chi connectivity index (χ0) is 14.9. The molecule has 0 fully saturated rings. The molecule has 0 aliphatic rings. The predicted molar refractivity (Wildman–Crippen MR) is 77.1 cm³/mol. The molecule has 2 atom stereocenters. The first-order valence-corrected chi connectivity index (χ1v) is 8.59. The van der Waals surface area contributed by atoms with Crippen LogP contribution >= 0.6 is 0 Å². The Morgan fingerprint density at radius 1 is 1.16 bits per heavy atom. The minimum atomic E-state index is -3.14. The molecule has 2 unspecified atom stereocenters. The van der Waals surface area contributed by atoms with Crippen molar-refractivity contribution in [2.45, 2.75) is 45.6 Å². The molecule has 0 heterocycles. The van der Waals surface area contributed by atoms with E-state index in [9.17, 15) is 13.2 Å². The quantitative estimate of drug-likeness (QED) is 0.501. The van der Waals surface area contributed by atoms with E-state index in [2.05, 4.69) is 10.0 Å². The maximum absolute atomic E-state index is 11.7. The highest BCUT2D eigenvalue weighted by molar-refractivity contribution is 7.88. The van der Waals surface area contributed by atoms with Crippen LogP contribution in [-0.2, 0) is 14.8 Å². The van der Waals surface area contributed by atoms with Crippen LogP contribution < -0.4 is 15.8 Å². The van der Waals surface area contributed by atoms with Crippen LogP contribution in [0.25, 0.3) is 0 Å². The summed E-state index contributed by atoms with van der Waals surface area (Å²) < 4.78 is 24.0. The van der Waals surface area contributed by atoms with Crippen molar-refractivity contribution in [3.05, 3.63) is 0 Å². The van der Waals surface area contributed by atoms with Gasteiger partial charge in [0, 0.05) is 25.0 Å². The SMILES string of the molecule is CC(N)CCCC(C)C(=O)NCCCNS(C)(=O)=O. The van der Waals surface area contributed by atoms with Crippen LogP contribution in [0.2, 0.25) is 0 Å². The van der Waals surface area contributed by atoms with E-state index in [1.165, 1.54) is 0 Å². The van der Waals surface area contributed by atoms with Gasteiger partial charge in [-0.25, -0.2) is 13.1 Å². The lowest BCUT2D eigenvalue weighted by Gasteiger charge is -2.12. The Morgan fingerprint density at radius 2 is 1.79 bits per heavy atom. The molecule has 0 aromatic rings. The van der Waals surface area contributed by atoms with Crippen molar-refractivity contribution in [2.75, 3.05) is 19.3 Å². The molecular weight excluding hydrogens is 266 g/mol. The van der Waals surface area contributed by atoms with E-state index in [4.69, 9.17) is 5.73 Å². The second-order valence-corrected chi connectivity index (χ2v) is 6.95. The van der Waals surface area contributed by atoms with E-state index in [0.717, 1.165) is 25.5 Å². The number of carbonyl (C=O) groups is 1. The fourth-order valence-electron chi connectivity index (χ4n) is 1.61. The Morgan fingerprint density at radius 3 is 2.32 bits per heavy atom. The van der Waals surface area contributed by atoms with Gasteiger partial charge in [0.1, 0.15) is 0 Å². The molecule has 6 nitrogen and oxygen atoms in total. The van der Waals surface area contributed by atoms with Gasteiger partial charge in [-0.3, -0.25) is 4.79 Å². The zero-order valence-electron chi connectivity index (χ0n) is 12.1. The monoisotopic (exact) mass is 293 g/mol. The standard InChI is InChI=1S/C12H27N3O3S/c1-10(6-4-7-11(2)13)12(16)14-8-5-9-15-19(3,17)18/h10-11,15H,4-9,13H2,1-3H3,(H,14,16). The van der Waals surface area contributed by atoms with E-state index in [0.29, 0.717) is 19.5 Å². The van der Waals surface area contributed by atoms with Gasteiger partial charge in [0.15, 0.2) is 0 Å². The molecule has 0 aliphatic heterocycles. The third-order valence-corrected chi connectivity index (χ3v) is 3.49. The smallest absolute Gasteiger partial charge is 0.222 e. The summed E-state index contributed by atoms with van der Waals surface area (Å²) in [6, 6.07) is 0.178. The van der Waals surface area contributed by atoms with E-state index in [-0.39, 0.29) is 17.9 Å². The molecule has 0 aromatic heterocycles. The van der Waals surface area contributed by atoms with Gasteiger partial charge >= 0.3 is 0 Å². The Balaban J connectivity index is 3.62. The van der Waals surface area contributed by atoms with Crippen LogP contribution in [0.5, 0.6) is 0 Å². The van der Waals surface area contributed by atoms with Crippen molar-refractivity contribution in [3.8, 4) is 0 Å². The lowest BCUT2D eigenvalue weighted by molar-refractivity contribution is -0.124. The molecule has 0 aliphatic carbocycles. The van der Waals surface area contributed by atoms with Crippen molar-refractivity contribution in [1.82, 2.24) is 10.0 Å². The van der Waals surface area contributed by atoms with Crippen molar-refractivity contribution in [2.24, 2.45) is 11.7 Å². The minimum absolute atomic E-state index is 0.0176. The molecule has 4 N–H and O–H groups in total. The molecule has 0 aromatic carbocycles. The van der Waals surface area contributed by atoms with Gasteiger partial charge in [-0.15, -0.1) is 0 Å². The second kappa shape index (κ2) is 9.28. The van der Waals surface area contributed by atoms with E-state index in [1.807, 2.05) is 13.8 Å². The first kappa shape index (κ1) is 18.3. The molecule has 0 radical (unpaired) electrons. The zero-order valence-corrected chi connectivity index (χ0v) is 12.9. The molecule has 0 rings (SSSR count). The molecule has 0 spiro atoms. The summed E-state index contributed by atoms with van der Waals surface area (Å²) in [6.45, 7) is 4.68. The molecule has 7 heteroatoms. The van der Waals surface area contributed by atoms with Gasteiger partial charge in [-0.1, -0.05) is 13.3 Å². The lowest BCUT2D eigenvalue weighted by atomic mass is 10.0. The van der Waals surface area contributed by atoms with Crippen molar-refractivity contribution >= 4 is 15.9 Å². The summed E-state index contributed by atoms with van der Waals surface area (Å²) in [5.41, 5.74) is 5.65. The molecule has 19 heavy (non-hydrogen) atoms. The van der Waals surface area contributed by atoms with Gasteiger partial charge in [-0.2, -0.15) is 0 Å². The average Bonchev–Trinajstić information content (AvgIpc) is 2.26. The number of rotatable bonds is 10. The third kappa shape index (κ3) is 12.1. The first-order valence-electron chi connectivity index (χ1n) is 6.70. The van der Waals surface area contributed by atoms with Crippen LogP contribution in [0.1, 0.15) is 39.5 Å². The topological polar surface area (TPSA) is 101 Å². The largest absolute Gasteiger partial charge is 0.356 e. The highest BCUT2D eigenvalue weighted by atomic mass is 32.2. The third-order valence-electron chi connectivity index (χ3n) is 2.76. The predicted octanol–water partition coefficient (Wildman–Crippen LogP) is 0.196. The summed E-state index contributed by atoms with van der Waals surface area (Å²) >= 11 is 0. The van der Waals surface area contributed by atoms with Crippen LogP contribution in [0.15, 0.2) is 0 Å². The highest BCUT2D eigenvalue weighted by Crippen LogP contribution is 2.08. The number of nitrogens with one attached hydrogen (secondary N) is 2. The Hall–Kier alpha value is -0.660. The van der Waals surface area contributed by atoms with Crippen LogP contribution in [0.4, 0.5) is 0 Å². The minimum Gasteiger partial charge on any atom is -0.356 e. The van der Waals surface area contributed by atoms with Crippen LogP contribution in [0.3, 0.4) is 0 Å². The number of carbonyl (C=O) groups excluding carboxylic acids is 1. The van der Waals surface area contributed by atoms with Gasteiger partial charge in [0.2, 0.25) is 15.9 Å². The van der Waals surface area contributed by atoms with Gasteiger partial charge in [0.25, 0.3) is 0 Å². The van der Waals surface area contributed by atoms with E-state index >= 15 is 0 Å². The van der Waals surface area contributed by atoms with Crippen molar-refractivity contribution in [3.63, 3.8) is 0 Å². The van der Waals surface area contributed by atoms with Gasteiger partial charge < -0.3 is 11.1 Å². The van der Waals surface area contributed by atoms with E-state index < -0.39 is 10.0 Å². The summed E-state index contributed by atoms with van der Waals surface area (Å²) in [5, 5.41) is 2.80. The molecule has 114 valence electrons. The Bertz CT molecular complexity index is 355. The van der Waals surface area contributed by atoms with Crippen LogP contribution in [0, 0.1) is 5.92 Å². The maximum Gasteiger partial charge on any atom is 0.222 e. The van der Waals surface area contributed by atoms with Crippen molar-refractivity contribution in [1.29, 1.82) is 0 Å². The lowest BCUT2D eigenvalue weighted by Crippen LogP contribution is -2.32. The fraction of sp³-hybridized carbons (Fsp3) is 0.917. The normalized spacial score (nSPS) is 14.9. The number of hydrogen-bond donors (Lipinski definition) is 3. The van der Waals surface area contributed by atoms with Gasteiger partial charge in [0.05, 0.1) is 6.26 Å². The highest BCUT2D eigenvalue weighted by Gasteiger charge is 2.12. The Kier molecular flexibility index (Phi) is 8.95. The average molecular weight is 293 g/mol. The fourth-order valence-corrected chi connectivity index (χ4v) is 2.12. The first-order chi connectivity index (χ1) is 8.72. The summed E-state index contributed by atoms with van der Waals surface area (Å²) in [5.74, 6) is -0.00866. The van der Waals surface area contributed by atoms with Crippen LogP contribution in [-0.4, -0.2) is 39.7 Å². The molecule has 1 amide bonds. The summed E-state index contributed by atoms with van der Waals surface area (Å²) in [6.07, 6.45) is 4.41. The molecule has 0 saturated heterocycles. The summed E-state index contributed by atoms with van der Waals surface area (Å²) in [7, 11) is -3.14. The maximum atomic E-state index is 11.7. The molecule has 0 bridgehead atoms. The van der Waals surface area contributed by atoms with E-state index in [1.54, 1.807) is 0 Å². The number of sulfonamides is 1. The van der Waals surface area contributed by atoms with Gasteiger partial charge in [-0.05, 0) is 26.2 Å². The Labute approximate surface area is 116 Å². The number of hydrogen-bond acceptors (Lipinski definition) is 4. The molecular formula is C12H27N3O3S. The molecule has 0 saturated carbocycles. The second-order valence-electron chi connectivity index (χ2n) is 5.12. The van der Waals surface area contributed by atoms with Crippen molar-refractivity contribution < 1.29 is 13.2 Å².